The minimum absolute atomic E-state index is 0. The summed E-state index contributed by atoms with van der Waals surface area (Å²) in [6.07, 6.45) is -1.78. The monoisotopic (exact) mass is 351 g/mol. The van der Waals surface area contributed by atoms with Crippen molar-refractivity contribution >= 4 is 19.3 Å². The van der Waals surface area contributed by atoms with E-state index in [2.05, 4.69) is 9.72 Å². The Morgan fingerprint density at radius 2 is 2.09 bits per heavy atom. The normalized spacial score (nSPS) is 12.0. The van der Waals surface area contributed by atoms with Gasteiger partial charge < -0.3 is 29.9 Å². The number of carbonyl (C=O) groups is 1. The van der Waals surface area contributed by atoms with Crippen LogP contribution in [0.25, 0.3) is 0 Å². The molecule has 0 spiro atoms. The van der Waals surface area contributed by atoms with E-state index in [1.807, 2.05) is 0 Å². The number of rotatable bonds is 6. The molecule has 0 fully saturated rings. The van der Waals surface area contributed by atoms with E-state index in [4.69, 9.17) is 10.8 Å². The van der Waals surface area contributed by atoms with Crippen LogP contribution in [0.15, 0.2) is 17.1 Å². The van der Waals surface area contributed by atoms with Crippen LogP contribution in [0, 0.1) is 0 Å². The number of carbonyl (C=O) groups excluding carboxylic acids is 1. The summed E-state index contributed by atoms with van der Waals surface area (Å²) in [7, 11) is -4.91. The van der Waals surface area contributed by atoms with Gasteiger partial charge in [-0.3, -0.25) is 4.79 Å². The van der Waals surface area contributed by atoms with Gasteiger partial charge in [-0.2, -0.15) is 4.98 Å². The van der Waals surface area contributed by atoms with Gasteiger partial charge in [0, 0.05) is 6.20 Å². The average molecular weight is 351 g/mol. The number of nitrogens with zero attached hydrogens (tertiary/aromatic N) is 2. The SMILES string of the molecule is Nc1ccn(C(=O)C[C@H](CO)OCP(=O)([O-])[O-])c(=O)n1.[Na+].[Na+]. The summed E-state index contributed by atoms with van der Waals surface area (Å²) in [5, 5.41) is 8.94. The molecular formula is C9H12N3Na2O7P. The molecule has 1 rings (SSSR count). The van der Waals surface area contributed by atoms with Gasteiger partial charge >= 0.3 is 64.8 Å². The summed E-state index contributed by atoms with van der Waals surface area (Å²) in [6, 6.07) is 1.22. The van der Waals surface area contributed by atoms with Crippen LogP contribution in [-0.2, 0) is 9.30 Å². The molecule has 0 aromatic carbocycles. The maximum atomic E-state index is 11.7. The zero-order chi connectivity index (χ0) is 15.3. The number of anilines is 1. The van der Waals surface area contributed by atoms with Crippen LogP contribution in [0.4, 0.5) is 5.82 Å². The number of aliphatic hydroxyl groups excluding tert-OH is 1. The van der Waals surface area contributed by atoms with Crippen LogP contribution in [0.2, 0.25) is 0 Å². The molecule has 0 unspecified atom stereocenters. The number of nitrogens with two attached hydrogens (primary N) is 1. The topological polar surface area (TPSA) is 171 Å². The molecule has 0 saturated heterocycles. The molecule has 1 atom stereocenters. The molecule has 0 aliphatic carbocycles. The van der Waals surface area contributed by atoms with Crippen molar-refractivity contribution in [3.63, 3.8) is 0 Å². The van der Waals surface area contributed by atoms with Gasteiger partial charge in [-0.05, 0) is 13.7 Å². The average Bonchev–Trinajstić information content (AvgIpc) is 2.33. The molecule has 1 heterocycles. The van der Waals surface area contributed by atoms with Crippen molar-refractivity contribution in [3.05, 3.63) is 22.7 Å². The Morgan fingerprint density at radius 3 is 2.55 bits per heavy atom. The molecule has 10 nitrogen and oxygen atoms in total. The largest absolute Gasteiger partial charge is 1.00 e. The fourth-order valence-electron chi connectivity index (χ4n) is 1.27. The summed E-state index contributed by atoms with van der Waals surface area (Å²) in [5.74, 6) is -0.846. The third kappa shape index (κ3) is 8.90. The number of ether oxygens (including phenoxy) is 1. The van der Waals surface area contributed by atoms with E-state index in [-0.39, 0.29) is 64.9 Å². The Morgan fingerprint density at radius 1 is 1.50 bits per heavy atom. The molecule has 0 aliphatic rings. The molecule has 1 aromatic rings. The number of aromatic nitrogens is 2. The predicted octanol–water partition coefficient (Wildman–Crippen LogP) is -8.89. The number of nitrogen functional groups attached to an aromatic ring is 1. The molecule has 0 saturated carbocycles. The number of hydrogen-bond acceptors (Lipinski definition) is 9. The number of aliphatic hydroxyl groups is 1. The number of hydrogen-bond donors (Lipinski definition) is 2. The molecule has 0 bridgehead atoms. The van der Waals surface area contributed by atoms with Crippen molar-refractivity contribution < 1.29 is 88.1 Å². The van der Waals surface area contributed by atoms with Gasteiger partial charge in [-0.1, -0.05) is 0 Å². The maximum Gasteiger partial charge on any atom is 1.00 e. The fraction of sp³-hybridized carbons (Fsp3) is 0.444. The van der Waals surface area contributed by atoms with E-state index in [9.17, 15) is 23.9 Å². The van der Waals surface area contributed by atoms with E-state index in [0.29, 0.717) is 4.57 Å². The smallest absolute Gasteiger partial charge is 0.809 e. The molecule has 1 aromatic heterocycles. The molecule has 0 amide bonds. The molecule has 22 heavy (non-hydrogen) atoms. The molecule has 13 heteroatoms. The van der Waals surface area contributed by atoms with Crippen molar-refractivity contribution in [2.75, 3.05) is 18.7 Å². The van der Waals surface area contributed by atoms with Crippen LogP contribution in [0.3, 0.4) is 0 Å². The van der Waals surface area contributed by atoms with Gasteiger partial charge in [0.1, 0.15) is 5.82 Å². The minimum atomic E-state index is -4.91. The Balaban J connectivity index is 0. The van der Waals surface area contributed by atoms with Crippen molar-refractivity contribution in [3.8, 4) is 0 Å². The van der Waals surface area contributed by atoms with Gasteiger partial charge in [0.15, 0.2) is 0 Å². The third-order valence-electron chi connectivity index (χ3n) is 2.17. The van der Waals surface area contributed by atoms with E-state index in [1.54, 1.807) is 0 Å². The third-order valence-corrected chi connectivity index (χ3v) is 2.63. The van der Waals surface area contributed by atoms with Crippen LogP contribution in [-0.4, -0.2) is 39.6 Å². The Labute approximate surface area is 169 Å². The Hall–Kier alpha value is 0.420. The second kappa shape index (κ2) is 11.1. The van der Waals surface area contributed by atoms with Gasteiger partial charge in [0.05, 0.1) is 25.5 Å². The fourth-order valence-corrected chi connectivity index (χ4v) is 1.67. The van der Waals surface area contributed by atoms with Crippen LogP contribution < -0.4 is 80.3 Å². The van der Waals surface area contributed by atoms with Gasteiger partial charge in [-0.25, -0.2) is 9.36 Å². The van der Waals surface area contributed by atoms with E-state index >= 15 is 0 Å². The molecule has 112 valence electrons. The van der Waals surface area contributed by atoms with Crippen LogP contribution >= 0.6 is 7.60 Å². The van der Waals surface area contributed by atoms with Crippen LogP contribution in [0.5, 0.6) is 0 Å². The van der Waals surface area contributed by atoms with Crippen LogP contribution in [0.1, 0.15) is 11.2 Å². The summed E-state index contributed by atoms with van der Waals surface area (Å²) in [6.45, 7) is -0.692. The zero-order valence-electron chi connectivity index (χ0n) is 12.2. The van der Waals surface area contributed by atoms with E-state index in [0.717, 1.165) is 6.20 Å². The minimum Gasteiger partial charge on any atom is -0.809 e. The van der Waals surface area contributed by atoms with Crippen molar-refractivity contribution in [2.24, 2.45) is 0 Å². The van der Waals surface area contributed by atoms with Crippen molar-refractivity contribution in [1.29, 1.82) is 0 Å². The van der Waals surface area contributed by atoms with E-state index in [1.165, 1.54) is 6.07 Å². The first-order valence-electron chi connectivity index (χ1n) is 5.35. The Kier molecular flexibility index (Phi) is 12.4. The molecule has 0 aliphatic heterocycles. The summed E-state index contributed by atoms with van der Waals surface area (Å²) in [4.78, 5) is 47.2. The first-order valence-corrected chi connectivity index (χ1v) is 7.07. The summed E-state index contributed by atoms with van der Waals surface area (Å²) >= 11 is 0. The quantitative estimate of drug-likeness (QED) is 0.373. The first kappa shape index (κ1) is 24.7. The first-order chi connectivity index (χ1) is 9.23. The van der Waals surface area contributed by atoms with Gasteiger partial charge in [-0.15, -0.1) is 0 Å². The summed E-state index contributed by atoms with van der Waals surface area (Å²) in [5.41, 5.74) is 4.34. The maximum absolute atomic E-state index is 11.7. The Bertz CT molecular complexity index is 591. The molecule has 3 N–H and O–H groups in total. The van der Waals surface area contributed by atoms with Crippen molar-refractivity contribution in [2.45, 2.75) is 12.5 Å². The van der Waals surface area contributed by atoms with Gasteiger partial charge in [0.25, 0.3) is 0 Å². The van der Waals surface area contributed by atoms with Gasteiger partial charge in [0.2, 0.25) is 5.91 Å². The van der Waals surface area contributed by atoms with Crippen molar-refractivity contribution in [1.82, 2.24) is 9.55 Å². The molecule has 0 radical (unpaired) electrons. The standard InChI is InChI=1S/C9H14N3O7P.2Na/c10-7-1-2-12(9(15)11-7)8(14)3-6(4-13)19-5-20(16,17)18;;/h1-2,6,13H,3-5H2,(H2,10,11,15)(H2,16,17,18);;/q;2*+1/p-2/t6-;;/m1../s1. The second-order valence-electron chi connectivity index (χ2n) is 3.81. The summed E-state index contributed by atoms with van der Waals surface area (Å²) < 4.78 is 15.6. The predicted molar refractivity (Wildman–Crippen MR) is 62.6 cm³/mol. The second-order valence-corrected chi connectivity index (χ2v) is 5.29. The molecular weight excluding hydrogens is 339 g/mol. The van der Waals surface area contributed by atoms with E-state index < -0.39 is 44.7 Å². The zero-order valence-corrected chi connectivity index (χ0v) is 17.1.